The lowest BCUT2D eigenvalue weighted by atomic mass is 10.2. The molecule has 1 heterocycles. The van der Waals surface area contributed by atoms with Gasteiger partial charge in [0, 0.05) is 36.8 Å². The molecule has 0 atom stereocenters. The van der Waals surface area contributed by atoms with Crippen molar-refractivity contribution in [3.05, 3.63) is 58.5 Å². The van der Waals surface area contributed by atoms with Crippen LogP contribution in [0, 0.1) is 22.9 Å². The zero-order chi connectivity index (χ0) is 18.1. The van der Waals surface area contributed by atoms with Crippen LogP contribution in [0.1, 0.15) is 5.56 Å². The molecule has 0 spiro atoms. The van der Waals surface area contributed by atoms with Gasteiger partial charge in [-0.1, -0.05) is 11.6 Å². The first-order chi connectivity index (χ1) is 11.8. The van der Waals surface area contributed by atoms with E-state index >= 15 is 0 Å². The zero-order valence-corrected chi connectivity index (χ0v) is 13.8. The monoisotopic (exact) mass is 367 g/mol. The van der Waals surface area contributed by atoms with Crippen molar-refractivity contribution in [1.29, 1.82) is 5.41 Å². The van der Waals surface area contributed by atoms with Crippen molar-refractivity contribution in [2.24, 2.45) is 7.05 Å². The van der Waals surface area contributed by atoms with E-state index in [0.717, 1.165) is 11.5 Å². The van der Waals surface area contributed by atoms with Crippen LogP contribution in [-0.2, 0) is 13.6 Å². The molecule has 2 aromatic carbocycles. The van der Waals surface area contributed by atoms with E-state index in [0.29, 0.717) is 22.3 Å². The Morgan fingerprint density at radius 1 is 1.16 bits per heavy atom. The van der Waals surface area contributed by atoms with Crippen LogP contribution in [0.5, 0.6) is 0 Å². The van der Waals surface area contributed by atoms with Gasteiger partial charge in [-0.05, 0) is 18.2 Å². The molecule has 3 N–H and O–H groups in total. The van der Waals surface area contributed by atoms with Gasteiger partial charge >= 0.3 is 0 Å². The SMILES string of the molecule is Cn1cc2cc(NC(=N)NCc3cc(F)c(F)cc3F)c(Cl)cc2n1. The van der Waals surface area contributed by atoms with Crippen LogP contribution in [0.3, 0.4) is 0 Å². The van der Waals surface area contributed by atoms with Gasteiger partial charge in [-0.15, -0.1) is 0 Å². The number of guanidine groups is 1. The maximum absolute atomic E-state index is 13.6. The van der Waals surface area contributed by atoms with Gasteiger partial charge in [0.1, 0.15) is 5.82 Å². The zero-order valence-electron chi connectivity index (χ0n) is 13.0. The second kappa shape index (κ2) is 6.64. The lowest BCUT2D eigenvalue weighted by molar-refractivity contribution is 0.489. The number of hydrogen-bond donors (Lipinski definition) is 3. The Balaban J connectivity index is 1.70. The third-order valence-electron chi connectivity index (χ3n) is 3.51. The van der Waals surface area contributed by atoms with Crippen LogP contribution in [0.25, 0.3) is 10.9 Å². The van der Waals surface area contributed by atoms with Crippen LogP contribution in [0.15, 0.2) is 30.5 Å². The summed E-state index contributed by atoms with van der Waals surface area (Å²) in [4.78, 5) is 0. The van der Waals surface area contributed by atoms with Crippen molar-refractivity contribution in [3.63, 3.8) is 0 Å². The number of benzene rings is 2. The third kappa shape index (κ3) is 3.69. The van der Waals surface area contributed by atoms with Crippen molar-refractivity contribution >= 4 is 34.2 Å². The fraction of sp³-hybridized carbons (Fsp3) is 0.125. The molecule has 0 radical (unpaired) electrons. The molecule has 5 nitrogen and oxygen atoms in total. The first-order valence-electron chi connectivity index (χ1n) is 7.19. The summed E-state index contributed by atoms with van der Waals surface area (Å²) < 4.78 is 41.3. The molecule has 3 rings (SSSR count). The molecule has 0 saturated carbocycles. The molecule has 0 aliphatic rings. The van der Waals surface area contributed by atoms with E-state index < -0.39 is 17.5 Å². The minimum atomic E-state index is -1.26. The minimum absolute atomic E-state index is 0.0979. The molecule has 0 saturated heterocycles. The van der Waals surface area contributed by atoms with Gasteiger partial charge in [0.05, 0.1) is 16.2 Å². The Morgan fingerprint density at radius 2 is 1.88 bits per heavy atom. The molecule has 3 aromatic rings. The first-order valence-corrected chi connectivity index (χ1v) is 7.57. The van der Waals surface area contributed by atoms with Crippen molar-refractivity contribution < 1.29 is 13.2 Å². The second-order valence-corrected chi connectivity index (χ2v) is 5.81. The molecular weight excluding hydrogens is 355 g/mol. The van der Waals surface area contributed by atoms with E-state index in [4.69, 9.17) is 17.0 Å². The smallest absolute Gasteiger partial charge is 0.193 e. The fourth-order valence-corrected chi connectivity index (χ4v) is 2.53. The largest absolute Gasteiger partial charge is 0.352 e. The number of hydrogen-bond acceptors (Lipinski definition) is 2. The summed E-state index contributed by atoms with van der Waals surface area (Å²) in [6.45, 7) is -0.193. The lowest BCUT2D eigenvalue weighted by Gasteiger charge is -2.12. The summed E-state index contributed by atoms with van der Waals surface area (Å²) in [6.07, 6.45) is 1.80. The van der Waals surface area contributed by atoms with Gasteiger partial charge < -0.3 is 10.6 Å². The molecule has 0 unspecified atom stereocenters. The number of halogens is 4. The Kier molecular flexibility index (Phi) is 4.54. The Labute approximate surface area is 145 Å². The predicted molar refractivity (Wildman–Crippen MR) is 90.2 cm³/mol. The van der Waals surface area contributed by atoms with Gasteiger partial charge in [-0.3, -0.25) is 10.1 Å². The highest BCUT2D eigenvalue weighted by Gasteiger charge is 2.11. The summed E-state index contributed by atoms with van der Waals surface area (Å²) in [5, 5.41) is 18.6. The summed E-state index contributed by atoms with van der Waals surface area (Å²) in [5.74, 6) is -3.47. The number of anilines is 1. The molecule has 0 aliphatic heterocycles. The molecule has 25 heavy (non-hydrogen) atoms. The first kappa shape index (κ1) is 17.1. The topological polar surface area (TPSA) is 65.7 Å². The van der Waals surface area contributed by atoms with E-state index in [1.807, 2.05) is 0 Å². The maximum Gasteiger partial charge on any atom is 0.193 e. The number of aryl methyl sites for hydroxylation is 1. The molecular formula is C16H13ClF3N5. The van der Waals surface area contributed by atoms with Gasteiger partial charge in [0.15, 0.2) is 17.6 Å². The standard InChI is InChI=1S/C16H13ClF3N5/c1-25-7-9-3-15(10(17)4-14(9)24-25)23-16(21)22-6-8-2-12(19)13(20)5-11(8)18/h2-5,7H,6H2,1H3,(H3,21,22,23). The van der Waals surface area contributed by atoms with Crippen LogP contribution >= 0.6 is 11.6 Å². The van der Waals surface area contributed by atoms with Crippen LogP contribution in [0.4, 0.5) is 18.9 Å². The molecule has 9 heteroatoms. The van der Waals surface area contributed by atoms with Crippen molar-refractivity contribution in [2.75, 3.05) is 5.32 Å². The molecule has 0 fully saturated rings. The summed E-state index contributed by atoms with van der Waals surface area (Å²) >= 11 is 6.15. The number of aromatic nitrogens is 2. The Bertz CT molecular complexity index is 970. The molecule has 130 valence electrons. The van der Waals surface area contributed by atoms with E-state index in [2.05, 4.69) is 15.7 Å². The van der Waals surface area contributed by atoms with Crippen LogP contribution in [-0.4, -0.2) is 15.7 Å². The van der Waals surface area contributed by atoms with Gasteiger partial charge in [0.25, 0.3) is 0 Å². The van der Waals surface area contributed by atoms with Crippen molar-refractivity contribution in [3.8, 4) is 0 Å². The fourth-order valence-electron chi connectivity index (χ4n) is 2.33. The number of nitrogens with one attached hydrogen (secondary N) is 3. The molecule has 0 amide bonds. The van der Waals surface area contributed by atoms with Crippen LogP contribution in [0.2, 0.25) is 5.02 Å². The highest BCUT2D eigenvalue weighted by molar-refractivity contribution is 6.34. The van der Waals surface area contributed by atoms with Gasteiger partial charge in [0.2, 0.25) is 0 Å². The maximum atomic E-state index is 13.6. The number of nitrogens with zero attached hydrogens (tertiary/aromatic N) is 2. The lowest BCUT2D eigenvalue weighted by Crippen LogP contribution is -2.29. The summed E-state index contributed by atoms with van der Waals surface area (Å²) in [6, 6.07) is 4.59. The minimum Gasteiger partial charge on any atom is -0.352 e. The van der Waals surface area contributed by atoms with E-state index in [1.54, 1.807) is 30.1 Å². The normalized spacial score (nSPS) is 10.9. The van der Waals surface area contributed by atoms with E-state index in [1.165, 1.54) is 0 Å². The molecule has 1 aromatic heterocycles. The van der Waals surface area contributed by atoms with E-state index in [9.17, 15) is 13.2 Å². The Hall–Kier alpha value is -2.74. The average molecular weight is 368 g/mol. The second-order valence-electron chi connectivity index (χ2n) is 5.40. The van der Waals surface area contributed by atoms with Gasteiger partial charge in [-0.25, -0.2) is 13.2 Å². The Morgan fingerprint density at radius 3 is 2.64 bits per heavy atom. The van der Waals surface area contributed by atoms with E-state index in [-0.39, 0.29) is 18.1 Å². The summed E-state index contributed by atoms with van der Waals surface area (Å²) in [5.41, 5.74) is 1.08. The molecule has 0 aliphatic carbocycles. The quantitative estimate of drug-likeness (QED) is 0.375. The highest BCUT2D eigenvalue weighted by atomic mass is 35.5. The van der Waals surface area contributed by atoms with Crippen molar-refractivity contribution in [1.82, 2.24) is 15.1 Å². The highest BCUT2D eigenvalue weighted by Crippen LogP contribution is 2.27. The summed E-state index contributed by atoms with van der Waals surface area (Å²) in [7, 11) is 1.78. The predicted octanol–water partition coefficient (Wildman–Crippen LogP) is 3.78. The molecule has 0 bridgehead atoms. The van der Waals surface area contributed by atoms with Gasteiger partial charge in [-0.2, -0.15) is 5.10 Å². The van der Waals surface area contributed by atoms with Crippen LogP contribution < -0.4 is 10.6 Å². The third-order valence-corrected chi connectivity index (χ3v) is 3.83. The number of fused-ring (bicyclic) bond motifs is 1. The van der Waals surface area contributed by atoms with Crippen molar-refractivity contribution in [2.45, 2.75) is 6.54 Å². The average Bonchev–Trinajstić information content (AvgIpc) is 2.89. The number of rotatable bonds is 3.